The molecular weight excluding hydrogens is 522 g/mol. The Morgan fingerprint density at radius 2 is 1.93 bits per heavy atom. The fourth-order valence-corrected chi connectivity index (χ4v) is 6.55. The third kappa shape index (κ3) is 6.62. The van der Waals surface area contributed by atoms with Gasteiger partial charge >= 0.3 is 5.97 Å². The first-order valence-corrected chi connectivity index (χ1v) is 15.1. The zero-order valence-electron chi connectivity index (χ0n) is 24.1. The molecule has 1 amide bonds. The van der Waals surface area contributed by atoms with E-state index >= 15 is 0 Å². The molecule has 9 heteroatoms. The molecule has 1 fully saturated rings. The highest BCUT2D eigenvalue weighted by atomic mass is 16.7. The van der Waals surface area contributed by atoms with Crippen LogP contribution < -0.4 is 19.9 Å². The SMILES string of the molecule is CCCCN(CCCCN)C(=O)CN1C[C@H](c2ccc3c(c2)CCO3)[C@@H](C(=O)O)[C@@H]1CCc1cccc2c1OCO2. The number of amides is 1. The lowest BCUT2D eigenvalue weighted by molar-refractivity contribution is -0.143. The number of rotatable bonds is 14. The highest BCUT2D eigenvalue weighted by molar-refractivity contribution is 5.79. The number of unbranched alkanes of at least 4 members (excludes halogenated alkanes) is 2. The Morgan fingerprint density at radius 3 is 2.73 bits per heavy atom. The number of ether oxygens (including phenoxy) is 3. The largest absolute Gasteiger partial charge is 0.493 e. The van der Waals surface area contributed by atoms with Crippen molar-refractivity contribution in [3.05, 3.63) is 53.1 Å². The molecular formula is C32H43N3O6. The van der Waals surface area contributed by atoms with Gasteiger partial charge in [-0.3, -0.25) is 14.5 Å². The van der Waals surface area contributed by atoms with Gasteiger partial charge in [-0.15, -0.1) is 0 Å². The second kappa shape index (κ2) is 13.6. The van der Waals surface area contributed by atoms with Gasteiger partial charge in [0, 0.05) is 38.0 Å². The van der Waals surface area contributed by atoms with Crippen molar-refractivity contribution in [3.8, 4) is 17.2 Å². The van der Waals surface area contributed by atoms with Crippen LogP contribution in [0.3, 0.4) is 0 Å². The summed E-state index contributed by atoms with van der Waals surface area (Å²) in [6.45, 7) is 5.69. The highest BCUT2D eigenvalue weighted by Crippen LogP contribution is 2.42. The van der Waals surface area contributed by atoms with Gasteiger partial charge in [-0.1, -0.05) is 37.6 Å². The molecule has 0 aromatic heterocycles. The summed E-state index contributed by atoms with van der Waals surface area (Å²) in [5.74, 6) is 0.711. The molecule has 5 rings (SSSR count). The van der Waals surface area contributed by atoms with E-state index in [-0.39, 0.29) is 31.2 Å². The number of carbonyl (C=O) groups is 2. The van der Waals surface area contributed by atoms with E-state index in [1.165, 1.54) is 0 Å². The molecule has 3 heterocycles. The number of carboxylic acids is 1. The number of aliphatic carboxylic acids is 1. The molecule has 3 atom stereocenters. The number of hydrogen-bond donors (Lipinski definition) is 2. The smallest absolute Gasteiger partial charge is 0.308 e. The van der Waals surface area contributed by atoms with E-state index in [2.05, 4.69) is 17.9 Å². The van der Waals surface area contributed by atoms with Crippen molar-refractivity contribution in [1.29, 1.82) is 0 Å². The highest BCUT2D eigenvalue weighted by Gasteiger charge is 2.47. The number of aryl methyl sites for hydroxylation is 1. The lowest BCUT2D eigenvalue weighted by Gasteiger charge is -2.30. The van der Waals surface area contributed by atoms with Crippen molar-refractivity contribution in [3.63, 3.8) is 0 Å². The zero-order valence-corrected chi connectivity index (χ0v) is 24.1. The molecule has 3 N–H and O–H groups in total. The van der Waals surface area contributed by atoms with Crippen LogP contribution in [-0.4, -0.2) is 78.9 Å². The Balaban J connectivity index is 1.40. The van der Waals surface area contributed by atoms with Gasteiger partial charge < -0.3 is 30.0 Å². The summed E-state index contributed by atoms with van der Waals surface area (Å²) in [6.07, 6.45) is 5.75. The van der Waals surface area contributed by atoms with Crippen molar-refractivity contribution in [2.24, 2.45) is 11.7 Å². The first-order valence-electron chi connectivity index (χ1n) is 15.1. The summed E-state index contributed by atoms with van der Waals surface area (Å²) in [5, 5.41) is 10.6. The Morgan fingerprint density at radius 1 is 1.07 bits per heavy atom. The van der Waals surface area contributed by atoms with Crippen LogP contribution in [-0.2, 0) is 22.4 Å². The number of para-hydroxylation sites is 1. The number of nitrogens with zero attached hydrogens (tertiary/aromatic N) is 2. The minimum absolute atomic E-state index is 0.0601. The van der Waals surface area contributed by atoms with Gasteiger partial charge in [0.2, 0.25) is 12.7 Å². The first kappa shape index (κ1) is 29.2. The van der Waals surface area contributed by atoms with Crippen LogP contribution in [0.15, 0.2) is 36.4 Å². The van der Waals surface area contributed by atoms with Crippen LogP contribution in [0.25, 0.3) is 0 Å². The van der Waals surface area contributed by atoms with Gasteiger partial charge in [0.05, 0.1) is 19.1 Å². The molecule has 3 aliphatic heterocycles. The van der Waals surface area contributed by atoms with Gasteiger partial charge in [-0.05, 0) is 67.5 Å². The summed E-state index contributed by atoms with van der Waals surface area (Å²) < 4.78 is 17.0. The van der Waals surface area contributed by atoms with E-state index in [0.717, 1.165) is 66.0 Å². The second-order valence-corrected chi connectivity index (χ2v) is 11.4. The summed E-state index contributed by atoms with van der Waals surface area (Å²) >= 11 is 0. The predicted octanol–water partition coefficient (Wildman–Crippen LogP) is 3.82. The maximum Gasteiger partial charge on any atom is 0.308 e. The van der Waals surface area contributed by atoms with Crippen molar-refractivity contribution >= 4 is 11.9 Å². The number of fused-ring (bicyclic) bond motifs is 2. The third-order valence-electron chi connectivity index (χ3n) is 8.72. The lowest BCUT2D eigenvalue weighted by Crippen LogP contribution is -2.45. The quantitative estimate of drug-likeness (QED) is 0.333. The standard InChI is InChI=1S/C32H43N3O6/c1-2-3-15-34(16-5-4-14-33)29(36)20-35-19-25(23-10-12-27-24(18-23)13-17-39-27)30(32(37)38)26(35)11-9-22-7-6-8-28-31(22)41-21-40-28/h6-8,10,12,18,25-26,30H,2-5,9,11,13-17,19-21,33H2,1H3,(H,37,38)/t25-,26+,30-/m1/s1. The van der Waals surface area contributed by atoms with Gasteiger partial charge in [0.1, 0.15) is 5.75 Å². The average Bonchev–Trinajstić information content (AvgIpc) is 3.72. The summed E-state index contributed by atoms with van der Waals surface area (Å²) in [7, 11) is 0. The molecule has 0 spiro atoms. The Hall–Kier alpha value is -3.30. The number of hydrogen-bond acceptors (Lipinski definition) is 7. The Bertz CT molecular complexity index is 1220. The van der Waals surface area contributed by atoms with Crippen LogP contribution >= 0.6 is 0 Å². The minimum Gasteiger partial charge on any atom is -0.493 e. The van der Waals surface area contributed by atoms with E-state index < -0.39 is 11.9 Å². The fourth-order valence-electron chi connectivity index (χ4n) is 6.55. The molecule has 0 radical (unpaired) electrons. The predicted molar refractivity (Wildman–Crippen MR) is 156 cm³/mol. The molecule has 3 aliphatic rings. The topological polar surface area (TPSA) is 115 Å². The Labute approximate surface area is 242 Å². The van der Waals surface area contributed by atoms with Crippen molar-refractivity contribution in [2.45, 2.75) is 63.8 Å². The molecule has 1 saturated heterocycles. The van der Waals surface area contributed by atoms with E-state index in [1.807, 2.05) is 35.2 Å². The second-order valence-electron chi connectivity index (χ2n) is 11.4. The number of nitrogens with two attached hydrogens (primary N) is 1. The van der Waals surface area contributed by atoms with Crippen LogP contribution in [0, 0.1) is 5.92 Å². The van der Waals surface area contributed by atoms with Gasteiger partial charge in [-0.25, -0.2) is 0 Å². The van der Waals surface area contributed by atoms with E-state index in [1.54, 1.807) is 0 Å². The average molecular weight is 566 g/mol. The zero-order chi connectivity index (χ0) is 28.8. The van der Waals surface area contributed by atoms with Crippen LogP contribution in [0.1, 0.15) is 61.6 Å². The van der Waals surface area contributed by atoms with Crippen LogP contribution in [0.5, 0.6) is 17.2 Å². The van der Waals surface area contributed by atoms with E-state index in [4.69, 9.17) is 19.9 Å². The third-order valence-corrected chi connectivity index (χ3v) is 8.72. The van der Waals surface area contributed by atoms with Gasteiger partial charge in [0.25, 0.3) is 0 Å². The molecule has 222 valence electrons. The number of carbonyl (C=O) groups excluding carboxylic acids is 1. The maximum atomic E-state index is 13.7. The molecule has 0 unspecified atom stereocenters. The maximum absolute atomic E-state index is 13.7. The monoisotopic (exact) mass is 565 g/mol. The molecule has 0 aliphatic carbocycles. The van der Waals surface area contributed by atoms with E-state index in [0.29, 0.717) is 45.6 Å². The Kier molecular flexibility index (Phi) is 9.67. The normalized spacial score (nSPS) is 21.1. The van der Waals surface area contributed by atoms with Crippen molar-refractivity contribution in [2.75, 3.05) is 46.1 Å². The molecule has 0 saturated carbocycles. The lowest BCUT2D eigenvalue weighted by atomic mass is 9.83. The first-order chi connectivity index (χ1) is 20.0. The number of likely N-dealkylation sites (tertiary alicyclic amines) is 1. The fraction of sp³-hybridized carbons (Fsp3) is 0.562. The number of benzene rings is 2. The summed E-state index contributed by atoms with van der Waals surface area (Å²) in [6, 6.07) is 11.6. The molecule has 0 bridgehead atoms. The molecule has 9 nitrogen and oxygen atoms in total. The summed E-state index contributed by atoms with van der Waals surface area (Å²) in [4.78, 5) is 30.7. The van der Waals surface area contributed by atoms with Crippen LogP contribution in [0.2, 0.25) is 0 Å². The van der Waals surface area contributed by atoms with Crippen LogP contribution in [0.4, 0.5) is 0 Å². The van der Waals surface area contributed by atoms with E-state index in [9.17, 15) is 14.7 Å². The summed E-state index contributed by atoms with van der Waals surface area (Å²) in [5.41, 5.74) is 8.84. The van der Waals surface area contributed by atoms with Gasteiger partial charge in [0.15, 0.2) is 11.5 Å². The minimum atomic E-state index is -0.824. The van der Waals surface area contributed by atoms with Crippen molar-refractivity contribution < 1.29 is 28.9 Å². The van der Waals surface area contributed by atoms with Crippen molar-refractivity contribution in [1.82, 2.24) is 9.80 Å². The molecule has 41 heavy (non-hydrogen) atoms. The molecule has 2 aromatic rings. The number of carboxylic acid groups (broad SMARTS) is 1. The molecule has 2 aromatic carbocycles. The van der Waals surface area contributed by atoms with Gasteiger partial charge in [-0.2, -0.15) is 0 Å².